The van der Waals surface area contributed by atoms with Crippen molar-refractivity contribution in [3.8, 4) is 11.3 Å². The Labute approximate surface area is 161 Å². The van der Waals surface area contributed by atoms with E-state index in [1.165, 1.54) is 0 Å². The highest BCUT2D eigenvalue weighted by Crippen LogP contribution is 2.45. The molecule has 3 aromatic rings. The third kappa shape index (κ3) is 3.05. The fourth-order valence-electron chi connectivity index (χ4n) is 3.97. The van der Waals surface area contributed by atoms with E-state index in [0.717, 1.165) is 47.5 Å². The number of alkyl halides is 2. The Bertz CT molecular complexity index is 1060. The van der Waals surface area contributed by atoms with E-state index in [0.29, 0.717) is 11.5 Å². The molecule has 144 valence electrons. The minimum atomic E-state index is -2.55. The number of nitrogens with zero attached hydrogens (tertiary/aromatic N) is 3. The zero-order valence-electron chi connectivity index (χ0n) is 15.4. The van der Waals surface area contributed by atoms with Crippen LogP contribution in [0, 0.1) is 5.92 Å². The van der Waals surface area contributed by atoms with Gasteiger partial charge in [-0.1, -0.05) is 18.7 Å². The van der Waals surface area contributed by atoms with Gasteiger partial charge in [-0.05, 0) is 17.5 Å². The average Bonchev–Trinajstić information content (AvgIpc) is 3.09. The van der Waals surface area contributed by atoms with Gasteiger partial charge in [0.15, 0.2) is 0 Å². The molecule has 0 unspecified atom stereocenters. The van der Waals surface area contributed by atoms with Crippen LogP contribution in [0.25, 0.3) is 22.0 Å². The first-order valence-corrected chi connectivity index (χ1v) is 9.47. The van der Waals surface area contributed by atoms with Crippen LogP contribution in [0.2, 0.25) is 0 Å². The van der Waals surface area contributed by atoms with Gasteiger partial charge in [0.1, 0.15) is 11.6 Å². The Kier molecular flexibility index (Phi) is 3.94. The van der Waals surface area contributed by atoms with E-state index in [1.807, 2.05) is 18.3 Å². The molecule has 1 aliphatic carbocycles. The number of pyridine rings is 1. The van der Waals surface area contributed by atoms with Crippen LogP contribution in [0.3, 0.4) is 0 Å². The minimum Gasteiger partial charge on any atom is -0.344 e. The molecule has 3 heterocycles. The Hall–Kier alpha value is -2.80. The largest absolute Gasteiger partial charge is 0.344 e. The Morgan fingerprint density at radius 1 is 1.18 bits per heavy atom. The van der Waals surface area contributed by atoms with E-state index in [-0.39, 0.29) is 18.8 Å². The molecule has 1 saturated carbocycles. The van der Waals surface area contributed by atoms with Gasteiger partial charge in [-0.2, -0.15) is 0 Å². The van der Waals surface area contributed by atoms with Crippen molar-refractivity contribution in [3.05, 3.63) is 54.8 Å². The molecule has 0 spiro atoms. The molecular formula is C21H21F2N5. The molecule has 2 aliphatic rings. The van der Waals surface area contributed by atoms with Crippen LogP contribution in [-0.2, 0) is 13.1 Å². The number of aromatic nitrogens is 3. The summed E-state index contributed by atoms with van der Waals surface area (Å²) in [5.74, 6) is -1.08. The molecule has 1 fully saturated rings. The molecular weight excluding hydrogens is 360 g/mol. The predicted octanol–water partition coefficient (Wildman–Crippen LogP) is 4.17. The van der Waals surface area contributed by atoms with Gasteiger partial charge in [-0.15, -0.1) is 0 Å². The third-order valence-electron chi connectivity index (χ3n) is 5.62. The number of benzene rings is 1. The summed E-state index contributed by atoms with van der Waals surface area (Å²) in [6.45, 7) is 6.54. The number of imidazole rings is 1. The summed E-state index contributed by atoms with van der Waals surface area (Å²) in [6.07, 6.45) is 3.43. The predicted molar refractivity (Wildman–Crippen MR) is 105 cm³/mol. The first-order chi connectivity index (χ1) is 13.5. The number of nitrogens with one attached hydrogen (secondary N) is 2. The van der Waals surface area contributed by atoms with Crippen LogP contribution in [-0.4, -0.2) is 27.0 Å². The average molecular weight is 381 g/mol. The minimum absolute atomic E-state index is 0.141. The van der Waals surface area contributed by atoms with E-state index >= 15 is 0 Å². The van der Waals surface area contributed by atoms with Crippen molar-refractivity contribution in [1.29, 1.82) is 0 Å². The lowest BCUT2D eigenvalue weighted by atomic mass is 9.79. The van der Waals surface area contributed by atoms with Gasteiger partial charge < -0.3 is 15.2 Å². The van der Waals surface area contributed by atoms with Crippen LogP contribution in [0.4, 0.5) is 14.6 Å². The van der Waals surface area contributed by atoms with E-state index in [1.54, 1.807) is 6.20 Å². The van der Waals surface area contributed by atoms with Crippen molar-refractivity contribution in [3.63, 3.8) is 0 Å². The molecule has 1 aromatic carbocycles. The SMILES string of the molecule is C=C(Nc1cc2cc(-c3cnc4n3CCNC4)ccc2cn1)C1CC(F)(F)C1. The number of hydrogen-bond acceptors (Lipinski definition) is 4. The smallest absolute Gasteiger partial charge is 0.249 e. The maximum absolute atomic E-state index is 13.1. The van der Waals surface area contributed by atoms with Gasteiger partial charge >= 0.3 is 0 Å². The summed E-state index contributed by atoms with van der Waals surface area (Å²) in [7, 11) is 0. The molecule has 0 saturated heterocycles. The quantitative estimate of drug-likeness (QED) is 0.712. The van der Waals surface area contributed by atoms with Gasteiger partial charge in [-0.25, -0.2) is 18.7 Å². The Morgan fingerprint density at radius 3 is 2.86 bits per heavy atom. The van der Waals surface area contributed by atoms with Gasteiger partial charge in [0.05, 0.1) is 18.4 Å². The highest BCUT2D eigenvalue weighted by Gasteiger charge is 2.46. The van der Waals surface area contributed by atoms with Gasteiger partial charge in [0.25, 0.3) is 0 Å². The zero-order valence-corrected chi connectivity index (χ0v) is 15.4. The zero-order chi connectivity index (χ0) is 19.3. The van der Waals surface area contributed by atoms with Crippen LogP contribution in [0.5, 0.6) is 0 Å². The molecule has 0 bridgehead atoms. The van der Waals surface area contributed by atoms with E-state index in [9.17, 15) is 8.78 Å². The van der Waals surface area contributed by atoms with Crippen molar-refractivity contribution in [1.82, 2.24) is 19.9 Å². The van der Waals surface area contributed by atoms with Gasteiger partial charge in [-0.3, -0.25) is 0 Å². The van der Waals surface area contributed by atoms with Crippen molar-refractivity contribution in [2.75, 3.05) is 11.9 Å². The standard InChI is InChI=1S/C21H21F2N5/c1-13(17-8-21(22,23)9-17)27-19-7-16-6-14(2-3-15(16)10-25-19)18-11-26-20-12-24-4-5-28(18)20/h2-3,6-7,10-11,17,24H,1,4-5,8-9,12H2,(H,25,27). The fourth-order valence-corrected chi connectivity index (χ4v) is 3.97. The molecule has 2 N–H and O–H groups in total. The second-order valence-electron chi connectivity index (χ2n) is 7.63. The van der Waals surface area contributed by atoms with Crippen molar-refractivity contribution < 1.29 is 8.78 Å². The number of anilines is 1. The number of fused-ring (bicyclic) bond motifs is 2. The summed E-state index contributed by atoms with van der Waals surface area (Å²) in [4.78, 5) is 8.92. The molecule has 28 heavy (non-hydrogen) atoms. The lowest BCUT2D eigenvalue weighted by Gasteiger charge is -2.36. The molecule has 1 aliphatic heterocycles. The Balaban J connectivity index is 1.42. The van der Waals surface area contributed by atoms with E-state index in [2.05, 4.69) is 43.9 Å². The first-order valence-electron chi connectivity index (χ1n) is 9.47. The first kappa shape index (κ1) is 17.3. The number of hydrogen-bond donors (Lipinski definition) is 2. The molecule has 5 nitrogen and oxygen atoms in total. The Morgan fingerprint density at radius 2 is 2.04 bits per heavy atom. The van der Waals surface area contributed by atoms with Crippen molar-refractivity contribution >= 4 is 16.6 Å². The van der Waals surface area contributed by atoms with Gasteiger partial charge in [0, 0.05) is 54.7 Å². The highest BCUT2D eigenvalue weighted by molar-refractivity contribution is 5.88. The van der Waals surface area contributed by atoms with Crippen LogP contribution < -0.4 is 10.6 Å². The number of halogens is 2. The lowest BCUT2D eigenvalue weighted by molar-refractivity contribution is -0.0988. The lowest BCUT2D eigenvalue weighted by Crippen LogP contribution is -2.37. The van der Waals surface area contributed by atoms with E-state index in [4.69, 9.17) is 0 Å². The maximum atomic E-state index is 13.1. The second-order valence-corrected chi connectivity index (χ2v) is 7.63. The van der Waals surface area contributed by atoms with E-state index < -0.39 is 5.92 Å². The normalized spacial score (nSPS) is 18.5. The van der Waals surface area contributed by atoms with Crippen molar-refractivity contribution in [2.24, 2.45) is 5.92 Å². The summed E-state index contributed by atoms with van der Waals surface area (Å²) in [5.41, 5.74) is 2.81. The fraction of sp³-hybridized carbons (Fsp3) is 0.333. The second kappa shape index (κ2) is 6.38. The summed E-state index contributed by atoms with van der Waals surface area (Å²) < 4.78 is 28.4. The molecule has 5 rings (SSSR count). The maximum Gasteiger partial charge on any atom is 0.249 e. The molecule has 0 amide bonds. The molecule has 0 atom stereocenters. The summed E-state index contributed by atoms with van der Waals surface area (Å²) >= 11 is 0. The van der Waals surface area contributed by atoms with Crippen LogP contribution >= 0.6 is 0 Å². The monoisotopic (exact) mass is 381 g/mol. The number of allylic oxidation sites excluding steroid dienone is 1. The summed E-state index contributed by atoms with van der Waals surface area (Å²) in [5, 5.41) is 8.50. The molecule has 2 aromatic heterocycles. The van der Waals surface area contributed by atoms with Crippen LogP contribution in [0.1, 0.15) is 18.7 Å². The molecule has 7 heteroatoms. The third-order valence-corrected chi connectivity index (χ3v) is 5.62. The van der Waals surface area contributed by atoms with Gasteiger partial charge in [0.2, 0.25) is 5.92 Å². The highest BCUT2D eigenvalue weighted by atomic mass is 19.3. The summed E-state index contributed by atoms with van der Waals surface area (Å²) in [6, 6.07) is 8.19. The van der Waals surface area contributed by atoms with Crippen molar-refractivity contribution in [2.45, 2.75) is 31.9 Å². The topological polar surface area (TPSA) is 54.8 Å². The number of rotatable bonds is 4. The van der Waals surface area contributed by atoms with Crippen LogP contribution in [0.15, 0.2) is 48.9 Å². The molecule has 0 radical (unpaired) electrons.